The summed E-state index contributed by atoms with van der Waals surface area (Å²) in [6.07, 6.45) is 5.08. The molecule has 0 radical (unpaired) electrons. The fraction of sp³-hybridized carbons (Fsp3) is 0.588. The highest BCUT2D eigenvalue weighted by Gasteiger charge is 2.17. The molecule has 0 aromatic heterocycles. The first-order valence-electron chi connectivity index (χ1n) is 7.72. The number of carbonyl (C=O) groups excluding carboxylic acids is 1. The molecule has 1 aromatic rings. The number of amides is 1. The second-order valence-electron chi connectivity index (χ2n) is 5.93. The molecule has 110 valence electrons. The van der Waals surface area contributed by atoms with Crippen LogP contribution in [0, 0.1) is 6.92 Å². The maximum Gasteiger partial charge on any atom is 0.220 e. The first-order chi connectivity index (χ1) is 9.65. The molecule has 0 saturated carbocycles. The number of carbonyl (C=O) groups is 1. The van der Waals surface area contributed by atoms with Gasteiger partial charge < -0.3 is 10.6 Å². The van der Waals surface area contributed by atoms with Crippen LogP contribution in [0.15, 0.2) is 24.3 Å². The standard InChI is InChI=1S/C17H26N2O/c1-13-6-3-4-8-15(13)10-11-17(20)18-12-16-9-5-7-14(2)19-16/h3-4,6,8,14,16,19H,5,7,9-12H2,1-2H3,(H,18,20). The summed E-state index contributed by atoms with van der Waals surface area (Å²) in [5.74, 6) is 0.160. The highest BCUT2D eigenvalue weighted by molar-refractivity contribution is 5.76. The van der Waals surface area contributed by atoms with Gasteiger partial charge in [-0.3, -0.25) is 4.79 Å². The molecule has 2 N–H and O–H groups in total. The third-order valence-electron chi connectivity index (χ3n) is 4.14. The van der Waals surface area contributed by atoms with Gasteiger partial charge in [0, 0.05) is 25.0 Å². The van der Waals surface area contributed by atoms with Crippen LogP contribution in [-0.2, 0) is 11.2 Å². The maximum absolute atomic E-state index is 11.9. The Kier molecular flexibility index (Phi) is 5.60. The Bertz CT molecular complexity index is 444. The summed E-state index contributed by atoms with van der Waals surface area (Å²) < 4.78 is 0. The first kappa shape index (κ1) is 15.0. The lowest BCUT2D eigenvalue weighted by Crippen LogP contribution is -2.47. The Labute approximate surface area is 122 Å². The molecule has 1 amide bonds. The van der Waals surface area contributed by atoms with E-state index in [-0.39, 0.29) is 5.91 Å². The van der Waals surface area contributed by atoms with Crippen molar-refractivity contribution in [2.24, 2.45) is 0 Å². The lowest BCUT2D eigenvalue weighted by atomic mass is 9.99. The molecule has 0 aliphatic carbocycles. The number of aryl methyl sites for hydroxylation is 2. The maximum atomic E-state index is 11.9. The van der Waals surface area contributed by atoms with Crippen molar-refractivity contribution in [2.75, 3.05) is 6.54 Å². The van der Waals surface area contributed by atoms with Crippen molar-refractivity contribution in [3.8, 4) is 0 Å². The normalized spacial score (nSPS) is 22.5. The van der Waals surface area contributed by atoms with E-state index in [9.17, 15) is 4.79 Å². The topological polar surface area (TPSA) is 41.1 Å². The molecule has 1 fully saturated rings. The van der Waals surface area contributed by atoms with Gasteiger partial charge in [0.2, 0.25) is 5.91 Å². The average molecular weight is 274 g/mol. The zero-order valence-electron chi connectivity index (χ0n) is 12.6. The highest BCUT2D eigenvalue weighted by Crippen LogP contribution is 2.12. The van der Waals surface area contributed by atoms with Crippen LogP contribution in [0.25, 0.3) is 0 Å². The van der Waals surface area contributed by atoms with Gasteiger partial charge in [-0.05, 0) is 44.2 Å². The molecule has 1 heterocycles. The molecular weight excluding hydrogens is 248 g/mol. The predicted octanol–water partition coefficient (Wildman–Crippen LogP) is 2.57. The number of nitrogens with one attached hydrogen (secondary N) is 2. The SMILES string of the molecule is Cc1ccccc1CCC(=O)NCC1CCCC(C)N1. The minimum absolute atomic E-state index is 0.160. The van der Waals surface area contributed by atoms with E-state index < -0.39 is 0 Å². The molecule has 1 aliphatic heterocycles. The highest BCUT2D eigenvalue weighted by atomic mass is 16.1. The molecule has 0 bridgehead atoms. The van der Waals surface area contributed by atoms with Crippen molar-refractivity contribution >= 4 is 5.91 Å². The van der Waals surface area contributed by atoms with E-state index >= 15 is 0 Å². The van der Waals surface area contributed by atoms with Crippen molar-refractivity contribution in [1.82, 2.24) is 10.6 Å². The zero-order valence-corrected chi connectivity index (χ0v) is 12.6. The van der Waals surface area contributed by atoms with Gasteiger partial charge in [-0.2, -0.15) is 0 Å². The Morgan fingerprint density at radius 1 is 1.35 bits per heavy atom. The number of benzene rings is 1. The third-order valence-corrected chi connectivity index (χ3v) is 4.14. The second-order valence-corrected chi connectivity index (χ2v) is 5.93. The van der Waals surface area contributed by atoms with Crippen molar-refractivity contribution in [1.29, 1.82) is 0 Å². The van der Waals surface area contributed by atoms with Gasteiger partial charge in [0.05, 0.1) is 0 Å². The van der Waals surface area contributed by atoms with Gasteiger partial charge in [-0.15, -0.1) is 0 Å². The van der Waals surface area contributed by atoms with Crippen LogP contribution < -0.4 is 10.6 Å². The number of rotatable bonds is 5. The van der Waals surface area contributed by atoms with Crippen molar-refractivity contribution in [3.05, 3.63) is 35.4 Å². The van der Waals surface area contributed by atoms with Crippen LogP contribution >= 0.6 is 0 Å². The minimum atomic E-state index is 0.160. The molecule has 0 spiro atoms. The summed E-state index contributed by atoms with van der Waals surface area (Å²) in [5.41, 5.74) is 2.54. The molecule has 1 aliphatic rings. The quantitative estimate of drug-likeness (QED) is 0.866. The van der Waals surface area contributed by atoms with E-state index in [0.717, 1.165) is 13.0 Å². The molecule has 2 atom stereocenters. The van der Waals surface area contributed by atoms with E-state index in [4.69, 9.17) is 0 Å². The zero-order chi connectivity index (χ0) is 14.4. The van der Waals surface area contributed by atoms with Crippen LogP contribution in [0.5, 0.6) is 0 Å². The second kappa shape index (κ2) is 7.44. The fourth-order valence-corrected chi connectivity index (χ4v) is 2.86. The summed E-state index contributed by atoms with van der Waals surface area (Å²) in [7, 11) is 0. The Balaban J connectivity index is 1.69. The fourth-order valence-electron chi connectivity index (χ4n) is 2.86. The van der Waals surface area contributed by atoms with Crippen LogP contribution in [0.2, 0.25) is 0 Å². The third kappa shape index (κ3) is 4.64. The van der Waals surface area contributed by atoms with E-state index in [2.05, 4.69) is 36.6 Å². The molecule has 3 heteroatoms. The van der Waals surface area contributed by atoms with Gasteiger partial charge in [-0.1, -0.05) is 30.7 Å². The average Bonchev–Trinajstić information content (AvgIpc) is 2.44. The van der Waals surface area contributed by atoms with Gasteiger partial charge >= 0.3 is 0 Å². The van der Waals surface area contributed by atoms with Gasteiger partial charge in [0.1, 0.15) is 0 Å². The smallest absolute Gasteiger partial charge is 0.220 e. The number of piperidine rings is 1. The lowest BCUT2D eigenvalue weighted by molar-refractivity contribution is -0.121. The Morgan fingerprint density at radius 2 is 2.15 bits per heavy atom. The predicted molar refractivity (Wildman–Crippen MR) is 82.7 cm³/mol. The summed E-state index contributed by atoms with van der Waals surface area (Å²) in [4.78, 5) is 11.9. The van der Waals surface area contributed by atoms with Crippen molar-refractivity contribution in [2.45, 2.75) is 58.0 Å². The largest absolute Gasteiger partial charge is 0.355 e. The Morgan fingerprint density at radius 3 is 2.90 bits per heavy atom. The molecule has 20 heavy (non-hydrogen) atoms. The van der Waals surface area contributed by atoms with E-state index in [1.807, 2.05) is 12.1 Å². The lowest BCUT2D eigenvalue weighted by Gasteiger charge is -2.28. The molecule has 3 nitrogen and oxygen atoms in total. The van der Waals surface area contributed by atoms with Gasteiger partial charge in [-0.25, -0.2) is 0 Å². The summed E-state index contributed by atoms with van der Waals surface area (Å²) in [5, 5.41) is 6.60. The van der Waals surface area contributed by atoms with E-state index in [0.29, 0.717) is 18.5 Å². The minimum Gasteiger partial charge on any atom is -0.355 e. The summed E-state index contributed by atoms with van der Waals surface area (Å²) in [6, 6.07) is 9.30. The molecule has 2 rings (SSSR count). The molecular formula is C17H26N2O. The summed E-state index contributed by atoms with van der Waals surface area (Å²) in [6.45, 7) is 5.07. The Hall–Kier alpha value is -1.35. The van der Waals surface area contributed by atoms with Gasteiger partial charge in [0.25, 0.3) is 0 Å². The van der Waals surface area contributed by atoms with Crippen LogP contribution in [0.1, 0.15) is 43.7 Å². The molecule has 2 unspecified atom stereocenters. The number of hydrogen-bond donors (Lipinski definition) is 2. The first-order valence-corrected chi connectivity index (χ1v) is 7.72. The van der Waals surface area contributed by atoms with Crippen LogP contribution in [-0.4, -0.2) is 24.5 Å². The van der Waals surface area contributed by atoms with Crippen LogP contribution in [0.4, 0.5) is 0 Å². The number of hydrogen-bond acceptors (Lipinski definition) is 2. The summed E-state index contributed by atoms with van der Waals surface area (Å²) >= 11 is 0. The molecule has 1 aromatic carbocycles. The van der Waals surface area contributed by atoms with Crippen molar-refractivity contribution < 1.29 is 4.79 Å². The van der Waals surface area contributed by atoms with Gasteiger partial charge in [0.15, 0.2) is 0 Å². The van der Waals surface area contributed by atoms with Crippen molar-refractivity contribution in [3.63, 3.8) is 0 Å². The molecule has 1 saturated heterocycles. The van der Waals surface area contributed by atoms with Crippen LogP contribution in [0.3, 0.4) is 0 Å². The van der Waals surface area contributed by atoms with E-state index in [1.54, 1.807) is 0 Å². The van der Waals surface area contributed by atoms with E-state index in [1.165, 1.54) is 30.4 Å². The monoisotopic (exact) mass is 274 g/mol.